The molecular formula is C19H27N3O5. The number of nitrogens with one attached hydrogen (secondary N) is 2. The van der Waals surface area contributed by atoms with Crippen molar-refractivity contribution in [1.29, 1.82) is 0 Å². The lowest BCUT2D eigenvalue weighted by Crippen LogP contribution is -2.70. The van der Waals surface area contributed by atoms with Crippen LogP contribution in [0.15, 0.2) is 24.3 Å². The van der Waals surface area contributed by atoms with E-state index in [2.05, 4.69) is 24.5 Å². The van der Waals surface area contributed by atoms with Crippen LogP contribution in [0.2, 0.25) is 0 Å². The molecule has 1 saturated carbocycles. The highest BCUT2D eigenvalue weighted by Gasteiger charge is 2.58. The van der Waals surface area contributed by atoms with Crippen LogP contribution in [-0.2, 0) is 9.53 Å². The van der Waals surface area contributed by atoms with Gasteiger partial charge in [-0.15, -0.1) is 0 Å². The number of hydrogen-bond donors (Lipinski definition) is 2. The standard InChI is InChI=1S/C19H27N3O5/c1-5-19(6-2)16(12(3)17(19)27-4)21-15(23)11-20-18(24)13-8-7-9-14(10-13)22(25)26/h7-10,12,16-17H,5-6,11H2,1-4H3,(H,20,24)(H,21,23)/t12-,16+,17-/m0/s1. The number of benzene rings is 1. The van der Waals surface area contributed by atoms with Crippen LogP contribution in [0.25, 0.3) is 0 Å². The van der Waals surface area contributed by atoms with Gasteiger partial charge in [0.15, 0.2) is 0 Å². The molecule has 0 aliphatic heterocycles. The minimum atomic E-state index is -0.567. The van der Waals surface area contributed by atoms with E-state index in [0.29, 0.717) is 0 Å². The summed E-state index contributed by atoms with van der Waals surface area (Å²) in [6.07, 6.45) is 1.87. The molecule has 1 aliphatic carbocycles. The first-order valence-electron chi connectivity index (χ1n) is 9.15. The van der Waals surface area contributed by atoms with E-state index in [-0.39, 0.29) is 47.2 Å². The molecule has 2 amide bonds. The van der Waals surface area contributed by atoms with Gasteiger partial charge < -0.3 is 15.4 Å². The molecular weight excluding hydrogens is 350 g/mol. The highest BCUT2D eigenvalue weighted by Crippen LogP contribution is 2.52. The molecule has 0 radical (unpaired) electrons. The molecule has 1 aromatic rings. The van der Waals surface area contributed by atoms with E-state index in [1.807, 2.05) is 6.92 Å². The van der Waals surface area contributed by atoms with Crippen LogP contribution in [0, 0.1) is 21.4 Å². The zero-order valence-electron chi connectivity index (χ0n) is 16.2. The molecule has 8 heteroatoms. The smallest absolute Gasteiger partial charge is 0.270 e. The molecule has 0 unspecified atom stereocenters. The lowest BCUT2D eigenvalue weighted by molar-refractivity contribution is -0.384. The average Bonchev–Trinajstić information content (AvgIpc) is 2.68. The molecule has 148 valence electrons. The van der Waals surface area contributed by atoms with Crippen LogP contribution in [0.4, 0.5) is 5.69 Å². The van der Waals surface area contributed by atoms with Crippen LogP contribution in [0.3, 0.4) is 0 Å². The number of rotatable bonds is 8. The van der Waals surface area contributed by atoms with Crippen molar-refractivity contribution in [3.63, 3.8) is 0 Å². The van der Waals surface area contributed by atoms with Crippen molar-refractivity contribution in [2.24, 2.45) is 11.3 Å². The van der Waals surface area contributed by atoms with Crippen LogP contribution in [-0.4, -0.2) is 42.5 Å². The van der Waals surface area contributed by atoms with Crippen molar-refractivity contribution in [3.8, 4) is 0 Å². The number of non-ortho nitro benzene ring substituents is 1. The Balaban J connectivity index is 1.95. The van der Waals surface area contributed by atoms with E-state index in [4.69, 9.17) is 4.74 Å². The fraction of sp³-hybridized carbons (Fsp3) is 0.579. The second kappa shape index (κ2) is 8.47. The molecule has 1 fully saturated rings. The maximum atomic E-state index is 12.3. The van der Waals surface area contributed by atoms with Gasteiger partial charge in [-0.05, 0) is 18.9 Å². The number of methoxy groups -OCH3 is 1. The third kappa shape index (κ3) is 3.95. The minimum Gasteiger partial charge on any atom is -0.380 e. The molecule has 3 atom stereocenters. The predicted octanol–water partition coefficient (Wildman–Crippen LogP) is 2.28. The molecule has 2 rings (SSSR count). The largest absolute Gasteiger partial charge is 0.380 e. The highest BCUT2D eigenvalue weighted by molar-refractivity contribution is 5.97. The summed E-state index contributed by atoms with van der Waals surface area (Å²) < 4.78 is 5.62. The van der Waals surface area contributed by atoms with Crippen LogP contribution < -0.4 is 10.6 Å². The zero-order chi connectivity index (χ0) is 20.2. The number of nitro benzene ring substituents is 1. The van der Waals surface area contributed by atoms with Crippen LogP contribution >= 0.6 is 0 Å². The van der Waals surface area contributed by atoms with Crippen molar-refractivity contribution < 1.29 is 19.2 Å². The molecule has 0 spiro atoms. The van der Waals surface area contributed by atoms with Crippen molar-refractivity contribution in [2.75, 3.05) is 13.7 Å². The second-order valence-corrected chi connectivity index (χ2v) is 6.99. The highest BCUT2D eigenvalue weighted by atomic mass is 16.6. The molecule has 1 aromatic carbocycles. The number of nitro groups is 1. The fourth-order valence-electron chi connectivity index (χ4n) is 4.34. The Bertz CT molecular complexity index is 717. The van der Waals surface area contributed by atoms with Gasteiger partial charge >= 0.3 is 0 Å². The van der Waals surface area contributed by atoms with Crippen molar-refractivity contribution in [1.82, 2.24) is 10.6 Å². The first-order valence-corrected chi connectivity index (χ1v) is 9.15. The monoisotopic (exact) mass is 377 g/mol. The molecule has 27 heavy (non-hydrogen) atoms. The predicted molar refractivity (Wildman–Crippen MR) is 100 cm³/mol. The number of carbonyl (C=O) groups excluding carboxylic acids is 2. The molecule has 0 bridgehead atoms. The van der Waals surface area contributed by atoms with Gasteiger partial charge in [-0.25, -0.2) is 0 Å². The molecule has 0 saturated heterocycles. The summed E-state index contributed by atoms with van der Waals surface area (Å²) in [4.78, 5) is 34.7. The van der Waals surface area contributed by atoms with E-state index in [0.717, 1.165) is 12.8 Å². The van der Waals surface area contributed by atoms with Gasteiger partial charge in [0.25, 0.3) is 11.6 Å². The van der Waals surface area contributed by atoms with Gasteiger partial charge in [0.2, 0.25) is 5.91 Å². The normalized spacial score (nSPS) is 23.2. The Hall–Kier alpha value is -2.48. The second-order valence-electron chi connectivity index (χ2n) is 6.99. The Morgan fingerprint density at radius 3 is 2.52 bits per heavy atom. The van der Waals surface area contributed by atoms with Crippen molar-refractivity contribution in [2.45, 2.75) is 45.8 Å². The molecule has 8 nitrogen and oxygen atoms in total. The maximum Gasteiger partial charge on any atom is 0.270 e. The Morgan fingerprint density at radius 1 is 1.30 bits per heavy atom. The van der Waals surface area contributed by atoms with Crippen molar-refractivity contribution >= 4 is 17.5 Å². The summed E-state index contributed by atoms with van der Waals surface area (Å²) in [5.74, 6) is -0.625. The number of hydrogen-bond acceptors (Lipinski definition) is 5. The number of carbonyl (C=O) groups is 2. The van der Waals surface area contributed by atoms with E-state index in [9.17, 15) is 19.7 Å². The Labute approximate surface area is 158 Å². The first-order chi connectivity index (χ1) is 12.8. The lowest BCUT2D eigenvalue weighted by Gasteiger charge is -2.59. The van der Waals surface area contributed by atoms with Crippen LogP contribution in [0.1, 0.15) is 44.0 Å². The minimum absolute atomic E-state index is 0.0142. The SMILES string of the molecule is CCC1(CC)[C@H](NC(=O)CNC(=O)c2cccc([N+](=O)[O-])c2)[C@H](C)[C@@H]1OC. The summed E-state index contributed by atoms with van der Waals surface area (Å²) in [6.45, 7) is 6.03. The average molecular weight is 377 g/mol. The number of ether oxygens (including phenoxy) is 1. The maximum absolute atomic E-state index is 12.3. The summed E-state index contributed by atoms with van der Waals surface area (Å²) in [7, 11) is 1.69. The Kier molecular flexibility index (Phi) is 6.54. The zero-order valence-corrected chi connectivity index (χ0v) is 16.2. The number of nitrogens with zero attached hydrogens (tertiary/aromatic N) is 1. The van der Waals surface area contributed by atoms with E-state index >= 15 is 0 Å². The van der Waals surface area contributed by atoms with Gasteiger partial charge in [-0.3, -0.25) is 19.7 Å². The molecule has 2 N–H and O–H groups in total. The summed E-state index contributed by atoms with van der Waals surface area (Å²) in [5, 5.41) is 16.3. The van der Waals surface area contributed by atoms with E-state index in [1.54, 1.807) is 7.11 Å². The quantitative estimate of drug-likeness (QED) is 0.533. The van der Waals surface area contributed by atoms with Gasteiger partial charge in [-0.1, -0.05) is 26.8 Å². The van der Waals surface area contributed by atoms with Crippen LogP contribution in [0.5, 0.6) is 0 Å². The summed E-state index contributed by atoms with van der Waals surface area (Å²) >= 11 is 0. The lowest BCUT2D eigenvalue weighted by atomic mass is 9.53. The van der Waals surface area contributed by atoms with Crippen molar-refractivity contribution in [3.05, 3.63) is 39.9 Å². The fourth-order valence-corrected chi connectivity index (χ4v) is 4.34. The molecule has 1 aliphatic rings. The van der Waals surface area contributed by atoms with Gasteiger partial charge in [0.1, 0.15) is 0 Å². The summed E-state index contributed by atoms with van der Waals surface area (Å²) in [5.41, 5.74) is -0.130. The summed E-state index contributed by atoms with van der Waals surface area (Å²) in [6, 6.07) is 5.38. The molecule has 0 aromatic heterocycles. The molecule has 0 heterocycles. The van der Waals surface area contributed by atoms with Gasteiger partial charge in [0, 0.05) is 42.2 Å². The third-order valence-corrected chi connectivity index (χ3v) is 5.80. The van der Waals surface area contributed by atoms with Gasteiger partial charge in [-0.2, -0.15) is 0 Å². The Morgan fingerprint density at radius 2 is 1.96 bits per heavy atom. The topological polar surface area (TPSA) is 111 Å². The van der Waals surface area contributed by atoms with Gasteiger partial charge in [0.05, 0.1) is 17.6 Å². The number of amides is 2. The first kappa shape index (κ1) is 20.8. The van der Waals surface area contributed by atoms with E-state index < -0.39 is 10.8 Å². The third-order valence-electron chi connectivity index (χ3n) is 5.80. The van der Waals surface area contributed by atoms with E-state index in [1.165, 1.54) is 24.3 Å².